The zero-order valence-electron chi connectivity index (χ0n) is 9.03. The van der Waals surface area contributed by atoms with E-state index in [2.05, 4.69) is 18.2 Å². The summed E-state index contributed by atoms with van der Waals surface area (Å²) in [5, 5.41) is 0. The molecule has 80 valence electrons. The third-order valence-corrected chi connectivity index (χ3v) is 2.48. The molecule has 15 heavy (non-hydrogen) atoms. The van der Waals surface area contributed by atoms with Gasteiger partial charge in [-0.15, -0.1) is 0 Å². The molecule has 1 aromatic rings. The Labute approximate surface area is 90.5 Å². The van der Waals surface area contributed by atoms with Crippen molar-refractivity contribution in [2.45, 2.75) is 13.3 Å². The normalized spacial score (nSPS) is 12.9. The van der Waals surface area contributed by atoms with Crippen LogP contribution in [0.1, 0.15) is 18.1 Å². The monoisotopic (exact) mass is 204 g/mol. The average Bonchev–Trinajstić information content (AvgIpc) is 2.73. The van der Waals surface area contributed by atoms with E-state index in [1.807, 2.05) is 19.1 Å². The maximum absolute atomic E-state index is 5.69. The highest BCUT2D eigenvalue weighted by atomic mass is 16.5. The Balaban J connectivity index is 1.95. The van der Waals surface area contributed by atoms with Gasteiger partial charge < -0.3 is 9.47 Å². The van der Waals surface area contributed by atoms with Crippen LogP contribution in [0.3, 0.4) is 0 Å². The third-order valence-electron chi connectivity index (χ3n) is 2.48. The maximum atomic E-state index is 5.69. The summed E-state index contributed by atoms with van der Waals surface area (Å²) in [6.07, 6.45) is 5.30. The van der Waals surface area contributed by atoms with Gasteiger partial charge in [-0.2, -0.15) is 0 Å². The van der Waals surface area contributed by atoms with Crippen molar-refractivity contribution in [1.29, 1.82) is 0 Å². The first-order valence-corrected chi connectivity index (χ1v) is 5.41. The SMILES string of the molecule is CCOCCOc1cccc2c1CC=C2. The molecule has 0 unspecified atom stereocenters. The van der Waals surface area contributed by atoms with Crippen molar-refractivity contribution in [1.82, 2.24) is 0 Å². The fraction of sp³-hybridized carbons (Fsp3) is 0.385. The number of benzene rings is 1. The Hall–Kier alpha value is -1.28. The predicted octanol–water partition coefficient (Wildman–Crippen LogP) is 2.67. The van der Waals surface area contributed by atoms with E-state index >= 15 is 0 Å². The fourth-order valence-corrected chi connectivity index (χ4v) is 1.75. The second-order valence-electron chi connectivity index (χ2n) is 3.48. The van der Waals surface area contributed by atoms with Gasteiger partial charge in [0.1, 0.15) is 12.4 Å². The predicted molar refractivity (Wildman–Crippen MR) is 61.2 cm³/mol. The minimum absolute atomic E-state index is 0.629. The molecule has 2 nitrogen and oxygen atoms in total. The summed E-state index contributed by atoms with van der Waals surface area (Å²) in [6.45, 7) is 4.03. The molecular formula is C13H16O2. The van der Waals surface area contributed by atoms with Gasteiger partial charge >= 0.3 is 0 Å². The molecule has 0 spiro atoms. The zero-order valence-corrected chi connectivity index (χ0v) is 9.03. The molecule has 1 aliphatic rings. The second kappa shape index (κ2) is 4.99. The molecule has 0 aromatic heterocycles. The van der Waals surface area contributed by atoms with Gasteiger partial charge in [0.2, 0.25) is 0 Å². The number of ether oxygens (including phenoxy) is 2. The zero-order chi connectivity index (χ0) is 10.5. The van der Waals surface area contributed by atoms with Crippen LogP contribution in [0.5, 0.6) is 5.75 Å². The van der Waals surface area contributed by atoms with Gasteiger partial charge in [-0.05, 0) is 25.0 Å². The van der Waals surface area contributed by atoms with Gasteiger partial charge in [-0.3, -0.25) is 0 Å². The molecular weight excluding hydrogens is 188 g/mol. The van der Waals surface area contributed by atoms with Crippen molar-refractivity contribution in [3.63, 3.8) is 0 Å². The third kappa shape index (κ3) is 2.39. The Bertz CT molecular complexity index is 356. The van der Waals surface area contributed by atoms with Gasteiger partial charge in [0.25, 0.3) is 0 Å². The van der Waals surface area contributed by atoms with Gasteiger partial charge in [0, 0.05) is 12.2 Å². The van der Waals surface area contributed by atoms with Gasteiger partial charge in [0.15, 0.2) is 0 Å². The van der Waals surface area contributed by atoms with Crippen LogP contribution in [0.2, 0.25) is 0 Å². The van der Waals surface area contributed by atoms with Crippen molar-refractivity contribution in [2.24, 2.45) is 0 Å². The standard InChI is InChI=1S/C13H16O2/c1-2-14-9-10-15-13-8-4-6-11-5-3-7-12(11)13/h3-6,8H,2,7,9-10H2,1H3. The lowest BCUT2D eigenvalue weighted by molar-refractivity contribution is 0.110. The first-order chi connectivity index (χ1) is 7.42. The van der Waals surface area contributed by atoms with Crippen molar-refractivity contribution < 1.29 is 9.47 Å². The summed E-state index contributed by atoms with van der Waals surface area (Å²) in [7, 11) is 0. The molecule has 0 aliphatic heterocycles. The molecule has 0 bridgehead atoms. The molecule has 2 heteroatoms. The molecule has 0 saturated carbocycles. The molecule has 0 radical (unpaired) electrons. The highest BCUT2D eigenvalue weighted by molar-refractivity contribution is 5.63. The van der Waals surface area contributed by atoms with E-state index in [1.165, 1.54) is 11.1 Å². The number of hydrogen-bond acceptors (Lipinski definition) is 2. The minimum Gasteiger partial charge on any atom is -0.491 e. The summed E-state index contributed by atoms with van der Waals surface area (Å²) in [6, 6.07) is 6.18. The summed E-state index contributed by atoms with van der Waals surface area (Å²) in [4.78, 5) is 0. The van der Waals surface area contributed by atoms with Crippen molar-refractivity contribution in [2.75, 3.05) is 19.8 Å². The van der Waals surface area contributed by atoms with Crippen LogP contribution in [0, 0.1) is 0 Å². The van der Waals surface area contributed by atoms with Crippen LogP contribution in [-0.4, -0.2) is 19.8 Å². The van der Waals surface area contributed by atoms with Crippen LogP contribution in [0.15, 0.2) is 24.3 Å². The molecule has 1 aromatic carbocycles. The number of fused-ring (bicyclic) bond motifs is 1. The van der Waals surface area contributed by atoms with Gasteiger partial charge in [-0.1, -0.05) is 24.3 Å². The lowest BCUT2D eigenvalue weighted by Gasteiger charge is -2.10. The number of hydrogen-bond donors (Lipinski definition) is 0. The summed E-state index contributed by atoms with van der Waals surface area (Å²) >= 11 is 0. The van der Waals surface area contributed by atoms with E-state index in [0.29, 0.717) is 13.2 Å². The topological polar surface area (TPSA) is 18.5 Å². The minimum atomic E-state index is 0.629. The van der Waals surface area contributed by atoms with Crippen molar-refractivity contribution in [3.05, 3.63) is 35.4 Å². The summed E-state index contributed by atoms with van der Waals surface area (Å²) in [5.41, 5.74) is 2.58. The molecule has 0 heterocycles. The van der Waals surface area contributed by atoms with E-state index in [0.717, 1.165) is 18.8 Å². The Morgan fingerprint density at radius 3 is 3.07 bits per heavy atom. The van der Waals surface area contributed by atoms with Crippen molar-refractivity contribution >= 4 is 6.08 Å². The molecule has 2 rings (SSSR count). The summed E-state index contributed by atoms with van der Waals surface area (Å²) in [5.74, 6) is 0.997. The second-order valence-corrected chi connectivity index (χ2v) is 3.48. The lowest BCUT2D eigenvalue weighted by atomic mass is 10.1. The molecule has 0 fully saturated rings. The molecule has 0 N–H and O–H groups in total. The van der Waals surface area contributed by atoms with E-state index < -0.39 is 0 Å². The van der Waals surface area contributed by atoms with Gasteiger partial charge in [-0.25, -0.2) is 0 Å². The molecule has 0 saturated heterocycles. The first-order valence-electron chi connectivity index (χ1n) is 5.41. The van der Waals surface area contributed by atoms with Crippen LogP contribution in [0.25, 0.3) is 6.08 Å². The Morgan fingerprint density at radius 2 is 2.20 bits per heavy atom. The summed E-state index contributed by atoms with van der Waals surface area (Å²) < 4.78 is 10.9. The lowest BCUT2D eigenvalue weighted by Crippen LogP contribution is -2.07. The smallest absolute Gasteiger partial charge is 0.123 e. The number of rotatable bonds is 5. The number of allylic oxidation sites excluding steroid dienone is 1. The van der Waals surface area contributed by atoms with Crippen LogP contribution in [-0.2, 0) is 11.2 Å². The largest absolute Gasteiger partial charge is 0.491 e. The Kier molecular flexibility index (Phi) is 3.41. The maximum Gasteiger partial charge on any atom is 0.123 e. The highest BCUT2D eigenvalue weighted by Crippen LogP contribution is 2.28. The average molecular weight is 204 g/mol. The van der Waals surface area contributed by atoms with Crippen molar-refractivity contribution in [3.8, 4) is 5.75 Å². The quantitative estimate of drug-likeness (QED) is 0.686. The van der Waals surface area contributed by atoms with Gasteiger partial charge in [0.05, 0.1) is 6.61 Å². The first kappa shape index (κ1) is 10.2. The van der Waals surface area contributed by atoms with E-state index in [1.54, 1.807) is 0 Å². The van der Waals surface area contributed by atoms with E-state index in [4.69, 9.17) is 9.47 Å². The molecule has 0 amide bonds. The fourth-order valence-electron chi connectivity index (χ4n) is 1.75. The van der Waals surface area contributed by atoms with Crippen LogP contribution in [0.4, 0.5) is 0 Å². The van der Waals surface area contributed by atoms with Crippen LogP contribution >= 0.6 is 0 Å². The Morgan fingerprint density at radius 1 is 1.27 bits per heavy atom. The molecule has 1 aliphatic carbocycles. The molecule has 0 atom stereocenters. The highest BCUT2D eigenvalue weighted by Gasteiger charge is 2.10. The van der Waals surface area contributed by atoms with E-state index in [9.17, 15) is 0 Å². The van der Waals surface area contributed by atoms with Crippen LogP contribution < -0.4 is 4.74 Å². The van der Waals surface area contributed by atoms with E-state index in [-0.39, 0.29) is 0 Å².